The summed E-state index contributed by atoms with van der Waals surface area (Å²) in [6.45, 7) is 11.9. The highest BCUT2D eigenvalue weighted by Crippen LogP contribution is 2.37. The Morgan fingerprint density at radius 2 is 1.88 bits per heavy atom. The van der Waals surface area contributed by atoms with Gasteiger partial charge in [-0.25, -0.2) is 14.8 Å². The first-order chi connectivity index (χ1) is 19.2. The van der Waals surface area contributed by atoms with Crippen molar-refractivity contribution in [2.45, 2.75) is 97.7 Å². The smallest absolute Gasteiger partial charge is 0.410 e. The zero-order valence-corrected chi connectivity index (χ0v) is 24.4. The standard InChI is InChI=1S/C29H46N8O3/c1-17(2)14-22-16-40-13-12-36(22)28-35-26-23(37(28)15-20-10-8-18(3)9-11-20)25(31-19(4)21-6-5-7-21)33-27(34-26)24(30)32-29(38)39/h17-22H,5-16H2,1-4H3,(H2,30,32)(H,38,39)(H,31,33,34)/t18?,19-,20?,22?/m1/s1. The van der Waals surface area contributed by atoms with Crippen LogP contribution in [-0.2, 0) is 11.3 Å². The van der Waals surface area contributed by atoms with Gasteiger partial charge < -0.3 is 24.6 Å². The Labute approximate surface area is 237 Å². The first-order valence-corrected chi connectivity index (χ1v) is 15.2. The van der Waals surface area contributed by atoms with Crippen molar-refractivity contribution >= 4 is 34.9 Å². The Kier molecular flexibility index (Phi) is 8.77. The first-order valence-electron chi connectivity index (χ1n) is 15.2. The molecule has 2 aromatic heterocycles. The summed E-state index contributed by atoms with van der Waals surface area (Å²) >= 11 is 0. The van der Waals surface area contributed by atoms with E-state index >= 15 is 0 Å². The number of fused-ring (bicyclic) bond motifs is 1. The van der Waals surface area contributed by atoms with Crippen molar-refractivity contribution in [1.82, 2.24) is 24.8 Å². The number of ether oxygens (including phenoxy) is 1. The van der Waals surface area contributed by atoms with Gasteiger partial charge in [0.1, 0.15) is 5.52 Å². The van der Waals surface area contributed by atoms with Crippen molar-refractivity contribution in [2.75, 3.05) is 30.0 Å². The third kappa shape index (κ3) is 6.34. The van der Waals surface area contributed by atoms with Crippen molar-refractivity contribution in [2.24, 2.45) is 23.7 Å². The van der Waals surface area contributed by atoms with Gasteiger partial charge in [-0.1, -0.05) is 40.0 Å². The van der Waals surface area contributed by atoms with Gasteiger partial charge in [0.2, 0.25) is 5.95 Å². The van der Waals surface area contributed by atoms with Crippen molar-refractivity contribution in [3.63, 3.8) is 0 Å². The topological polar surface area (TPSA) is 141 Å². The van der Waals surface area contributed by atoms with Crippen molar-refractivity contribution in [3.05, 3.63) is 5.82 Å². The first kappa shape index (κ1) is 28.6. The Balaban J connectivity index is 1.62. The van der Waals surface area contributed by atoms with Gasteiger partial charge >= 0.3 is 6.09 Å². The van der Waals surface area contributed by atoms with Crippen molar-refractivity contribution < 1.29 is 14.6 Å². The van der Waals surface area contributed by atoms with Crippen LogP contribution < -0.4 is 15.5 Å². The Bertz CT molecular complexity index is 1200. The van der Waals surface area contributed by atoms with Gasteiger partial charge in [0.05, 0.1) is 19.3 Å². The van der Waals surface area contributed by atoms with E-state index in [1.54, 1.807) is 0 Å². The summed E-state index contributed by atoms with van der Waals surface area (Å²) in [5.74, 6) is 3.58. The van der Waals surface area contributed by atoms with Gasteiger partial charge in [-0.2, -0.15) is 4.98 Å². The molecule has 2 atom stereocenters. The van der Waals surface area contributed by atoms with Gasteiger partial charge in [-0.3, -0.25) is 10.7 Å². The maximum Gasteiger partial charge on any atom is 0.410 e. The number of carbonyl (C=O) groups is 1. The summed E-state index contributed by atoms with van der Waals surface area (Å²) in [6.07, 6.45) is 8.14. The van der Waals surface area contributed by atoms with E-state index in [9.17, 15) is 9.90 Å². The molecule has 40 heavy (non-hydrogen) atoms. The highest BCUT2D eigenvalue weighted by Gasteiger charge is 2.33. The largest absolute Gasteiger partial charge is 0.465 e. The SMILES string of the molecule is CC(C)CC1COCCN1c1nc2nc(C(=N)NC(=O)O)nc(N[C@H](C)C3CCC3)c2n1CC1CCC(C)CC1. The number of rotatable bonds is 9. The predicted molar refractivity (Wildman–Crippen MR) is 156 cm³/mol. The Morgan fingerprint density at radius 1 is 1.12 bits per heavy atom. The number of imidazole rings is 1. The van der Waals surface area contributed by atoms with Gasteiger partial charge in [-0.15, -0.1) is 0 Å². The molecule has 4 N–H and O–H groups in total. The van der Waals surface area contributed by atoms with Crippen LogP contribution in [0.1, 0.15) is 84.9 Å². The van der Waals surface area contributed by atoms with E-state index in [0.29, 0.717) is 42.4 Å². The van der Waals surface area contributed by atoms with Gasteiger partial charge in [-0.05, 0) is 62.7 Å². The lowest BCUT2D eigenvalue weighted by Gasteiger charge is -2.38. The molecule has 0 radical (unpaired) electrons. The number of aromatic nitrogens is 4. The molecular weight excluding hydrogens is 508 g/mol. The number of hydrogen-bond acceptors (Lipinski definition) is 8. The zero-order valence-electron chi connectivity index (χ0n) is 24.4. The minimum Gasteiger partial charge on any atom is -0.465 e. The van der Waals surface area contributed by atoms with E-state index in [2.05, 4.69) is 52.8 Å². The van der Waals surface area contributed by atoms with E-state index < -0.39 is 6.09 Å². The Hall–Kier alpha value is -2.95. The van der Waals surface area contributed by atoms with Crippen LogP contribution in [0.4, 0.5) is 16.6 Å². The number of amidine groups is 1. The van der Waals surface area contributed by atoms with Crippen LogP contribution in [0.3, 0.4) is 0 Å². The molecule has 11 nitrogen and oxygen atoms in total. The third-order valence-corrected chi connectivity index (χ3v) is 9.06. The second-order valence-electron chi connectivity index (χ2n) is 12.7. The molecule has 3 heterocycles. The van der Waals surface area contributed by atoms with Crippen LogP contribution in [0.15, 0.2) is 0 Å². The highest BCUT2D eigenvalue weighted by atomic mass is 16.5. The molecule has 3 fully saturated rings. The average Bonchev–Trinajstić information content (AvgIpc) is 3.22. The number of amides is 1. The lowest BCUT2D eigenvalue weighted by atomic mass is 9.80. The molecule has 3 aliphatic rings. The zero-order chi connectivity index (χ0) is 28.4. The van der Waals surface area contributed by atoms with Crippen LogP contribution in [0.25, 0.3) is 11.2 Å². The third-order valence-electron chi connectivity index (χ3n) is 9.06. The molecule has 5 rings (SSSR count). The summed E-state index contributed by atoms with van der Waals surface area (Å²) in [5.41, 5.74) is 1.35. The number of carboxylic acid groups (broad SMARTS) is 1. The van der Waals surface area contributed by atoms with Gasteiger partial charge in [0.25, 0.3) is 0 Å². The molecule has 0 spiro atoms. The second kappa shape index (κ2) is 12.3. The fraction of sp³-hybridized carbons (Fsp3) is 0.759. The number of hydrogen-bond donors (Lipinski definition) is 4. The quantitative estimate of drug-likeness (QED) is 0.248. The molecule has 2 aliphatic carbocycles. The van der Waals surface area contributed by atoms with Gasteiger partial charge in [0.15, 0.2) is 23.1 Å². The fourth-order valence-electron chi connectivity index (χ4n) is 6.49. The minimum absolute atomic E-state index is 0.0293. The summed E-state index contributed by atoms with van der Waals surface area (Å²) in [5, 5.41) is 23.3. The minimum atomic E-state index is -1.31. The molecule has 220 valence electrons. The summed E-state index contributed by atoms with van der Waals surface area (Å²) in [6, 6.07) is 0.404. The lowest BCUT2D eigenvalue weighted by Crippen LogP contribution is -2.47. The summed E-state index contributed by atoms with van der Waals surface area (Å²) in [4.78, 5) is 28.2. The fourth-order valence-corrected chi connectivity index (χ4v) is 6.49. The monoisotopic (exact) mass is 554 g/mol. The number of anilines is 2. The van der Waals surface area contributed by atoms with E-state index in [1.807, 2.05) is 0 Å². The second-order valence-corrected chi connectivity index (χ2v) is 12.7. The number of nitrogens with one attached hydrogen (secondary N) is 3. The molecule has 0 aromatic carbocycles. The van der Waals surface area contributed by atoms with Crippen molar-refractivity contribution in [3.8, 4) is 0 Å². The summed E-state index contributed by atoms with van der Waals surface area (Å²) < 4.78 is 8.23. The predicted octanol–water partition coefficient (Wildman–Crippen LogP) is 5.10. The van der Waals surface area contributed by atoms with Crippen LogP contribution >= 0.6 is 0 Å². The van der Waals surface area contributed by atoms with E-state index in [-0.39, 0.29) is 23.7 Å². The molecule has 2 saturated carbocycles. The molecule has 1 amide bonds. The highest BCUT2D eigenvalue weighted by molar-refractivity contribution is 6.03. The number of morpholine rings is 1. The van der Waals surface area contributed by atoms with Crippen LogP contribution in [-0.4, -0.2) is 68.4 Å². The van der Waals surface area contributed by atoms with E-state index in [1.165, 1.54) is 44.9 Å². The average molecular weight is 555 g/mol. The molecule has 1 aliphatic heterocycles. The number of nitrogens with zero attached hydrogens (tertiary/aromatic N) is 5. The maximum absolute atomic E-state index is 11.3. The molecule has 2 aromatic rings. The molecule has 0 bridgehead atoms. The lowest BCUT2D eigenvalue weighted by molar-refractivity contribution is 0.0863. The molecule has 1 saturated heterocycles. The van der Waals surface area contributed by atoms with Crippen molar-refractivity contribution in [1.29, 1.82) is 5.41 Å². The summed E-state index contributed by atoms with van der Waals surface area (Å²) in [7, 11) is 0. The van der Waals surface area contributed by atoms with Crippen LogP contribution in [0, 0.1) is 29.1 Å². The molecule has 11 heteroatoms. The van der Waals surface area contributed by atoms with E-state index in [0.717, 1.165) is 36.9 Å². The van der Waals surface area contributed by atoms with E-state index in [4.69, 9.17) is 20.1 Å². The maximum atomic E-state index is 11.3. The van der Waals surface area contributed by atoms with Gasteiger partial charge in [0, 0.05) is 19.1 Å². The van der Waals surface area contributed by atoms with Crippen LogP contribution in [0.5, 0.6) is 0 Å². The molecule has 1 unspecified atom stereocenters. The Morgan fingerprint density at radius 3 is 2.52 bits per heavy atom. The molecular formula is C29H46N8O3. The van der Waals surface area contributed by atoms with Crippen LogP contribution in [0.2, 0.25) is 0 Å². The normalized spacial score (nSPS) is 24.6.